The molecule has 2 N–H and O–H groups in total. The Morgan fingerprint density at radius 1 is 1.29 bits per heavy atom. The summed E-state index contributed by atoms with van der Waals surface area (Å²) >= 11 is 0.371. The van der Waals surface area contributed by atoms with Crippen LogP contribution in [0.1, 0.15) is 40.0 Å². The number of carbonyl (C=O) groups excluding carboxylic acids is 2. The largest absolute Gasteiger partial charge is 0.390 e. The van der Waals surface area contributed by atoms with E-state index in [4.69, 9.17) is 0 Å². The maximum atomic E-state index is 16.9. The minimum Gasteiger partial charge on any atom is -0.390 e. The first kappa shape index (κ1) is 24.8. The number of aliphatic hydroxyl groups is 2. The summed E-state index contributed by atoms with van der Waals surface area (Å²) < 4.78 is 45.1. The minimum atomic E-state index is -2.26. The van der Waals surface area contributed by atoms with Crippen LogP contribution in [0.4, 0.5) is 13.2 Å². The summed E-state index contributed by atoms with van der Waals surface area (Å²) in [6, 6.07) is -0.995. The van der Waals surface area contributed by atoms with Crippen molar-refractivity contribution in [2.24, 2.45) is 28.6 Å². The highest BCUT2D eigenvalue weighted by molar-refractivity contribution is 8.13. The fourth-order valence-corrected chi connectivity index (χ4v) is 7.89. The highest BCUT2D eigenvalue weighted by Crippen LogP contribution is 2.71. The first-order valence-corrected chi connectivity index (χ1v) is 11.3. The van der Waals surface area contributed by atoms with E-state index in [9.17, 15) is 24.2 Å². The molecule has 4 aliphatic carbocycles. The van der Waals surface area contributed by atoms with Gasteiger partial charge in [0, 0.05) is 16.7 Å². The molecule has 0 aromatic heterocycles. The van der Waals surface area contributed by atoms with E-state index in [1.807, 2.05) is 0 Å². The summed E-state index contributed by atoms with van der Waals surface area (Å²) in [5, 5.41) is 21.9. The zero-order valence-electron chi connectivity index (χ0n) is 17.6. The molecule has 3 fully saturated rings. The Kier molecular flexibility index (Phi) is 6.09. The standard InChI is InChI=1S/C22H27F3O4S.ClH/c1-11-6-13-14-8-16(24)15-7-12(26)4-5-19(15,2)21(14,25)17(27)9-20(13,3)22(11,29)18(28)30-10-23;/h4-5,7,11,13-14,16-17,27,29H,6,8-10H2,1-3H3;1H/t11-,13+,14+,16+,17+,19+,20+,21+,22+;/m1./s1. The average Bonchev–Trinajstić information content (AvgIpc) is 2.88. The Balaban J connectivity index is 0.00000272. The molecular formula is C22H28ClF3O4S. The van der Waals surface area contributed by atoms with Gasteiger partial charge in [0.15, 0.2) is 11.5 Å². The van der Waals surface area contributed by atoms with Gasteiger partial charge in [-0.05, 0) is 55.7 Å². The number of halogens is 4. The second-order valence-corrected chi connectivity index (χ2v) is 10.7. The summed E-state index contributed by atoms with van der Waals surface area (Å²) in [6.45, 7) is 4.79. The number of aliphatic hydroxyl groups excluding tert-OH is 1. The van der Waals surface area contributed by atoms with Crippen LogP contribution in [-0.2, 0) is 9.59 Å². The smallest absolute Gasteiger partial charge is 0.223 e. The molecule has 4 nitrogen and oxygen atoms in total. The van der Waals surface area contributed by atoms with Crippen LogP contribution >= 0.6 is 24.2 Å². The summed E-state index contributed by atoms with van der Waals surface area (Å²) in [4.78, 5) is 24.6. The van der Waals surface area contributed by atoms with E-state index in [1.54, 1.807) is 13.8 Å². The van der Waals surface area contributed by atoms with Crippen molar-refractivity contribution in [3.63, 3.8) is 0 Å². The number of fused-ring (bicyclic) bond motifs is 5. The molecule has 0 heterocycles. The topological polar surface area (TPSA) is 74.6 Å². The second-order valence-electron chi connectivity index (χ2n) is 9.80. The normalized spacial score (nSPS) is 50.6. The molecule has 0 amide bonds. The van der Waals surface area contributed by atoms with Crippen molar-refractivity contribution in [2.75, 3.05) is 6.01 Å². The maximum Gasteiger partial charge on any atom is 0.223 e. The van der Waals surface area contributed by atoms with E-state index >= 15 is 8.78 Å². The molecule has 0 unspecified atom stereocenters. The Morgan fingerprint density at radius 2 is 1.94 bits per heavy atom. The minimum absolute atomic E-state index is 0. The van der Waals surface area contributed by atoms with Crippen LogP contribution in [-0.4, -0.2) is 50.7 Å². The quantitative estimate of drug-likeness (QED) is 0.627. The maximum absolute atomic E-state index is 16.9. The van der Waals surface area contributed by atoms with Crippen molar-refractivity contribution in [1.82, 2.24) is 0 Å². The number of rotatable bonds is 2. The molecule has 0 radical (unpaired) electrons. The molecule has 0 aromatic rings. The van der Waals surface area contributed by atoms with Gasteiger partial charge in [-0.15, -0.1) is 12.4 Å². The van der Waals surface area contributed by atoms with Gasteiger partial charge in [-0.2, -0.15) is 0 Å². The predicted molar refractivity (Wildman–Crippen MR) is 114 cm³/mol. The Labute approximate surface area is 190 Å². The summed E-state index contributed by atoms with van der Waals surface area (Å²) in [6.07, 6.45) is 0.306. The van der Waals surface area contributed by atoms with Crippen molar-refractivity contribution in [3.8, 4) is 0 Å². The lowest BCUT2D eigenvalue weighted by Crippen LogP contribution is -2.70. The molecule has 3 saturated carbocycles. The van der Waals surface area contributed by atoms with Gasteiger partial charge in [-0.25, -0.2) is 13.2 Å². The van der Waals surface area contributed by atoms with Crippen LogP contribution in [0.15, 0.2) is 23.8 Å². The van der Waals surface area contributed by atoms with Crippen LogP contribution in [0.5, 0.6) is 0 Å². The van der Waals surface area contributed by atoms with Gasteiger partial charge in [0.05, 0.1) is 6.10 Å². The van der Waals surface area contributed by atoms with Gasteiger partial charge in [-0.3, -0.25) is 9.59 Å². The third-order valence-electron chi connectivity index (χ3n) is 8.71. The summed E-state index contributed by atoms with van der Waals surface area (Å²) in [5.41, 5.74) is -6.91. The van der Waals surface area contributed by atoms with Crippen LogP contribution in [0.25, 0.3) is 0 Å². The number of allylic oxidation sites excluding steroid dienone is 4. The molecule has 4 rings (SSSR count). The van der Waals surface area contributed by atoms with E-state index in [1.165, 1.54) is 19.1 Å². The Hall–Kier alpha value is -0.830. The number of carbonyl (C=O) groups is 2. The van der Waals surface area contributed by atoms with Gasteiger partial charge in [-0.1, -0.05) is 31.7 Å². The van der Waals surface area contributed by atoms with E-state index in [2.05, 4.69) is 0 Å². The monoisotopic (exact) mass is 480 g/mol. The van der Waals surface area contributed by atoms with Crippen LogP contribution in [0.2, 0.25) is 0 Å². The van der Waals surface area contributed by atoms with E-state index in [-0.39, 0.29) is 37.2 Å². The van der Waals surface area contributed by atoms with Crippen molar-refractivity contribution in [3.05, 3.63) is 23.8 Å². The first-order valence-electron chi connectivity index (χ1n) is 10.3. The van der Waals surface area contributed by atoms with Gasteiger partial charge in [0.1, 0.15) is 17.8 Å². The lowest BCUT2D eigenvalue weighted by Gasteiger charge is -2.63. The van der Waals surface area contributed by atoms with Gasteiger partial charge in [0.2, 0.25) is 5.12 Å². The van der Waals surface area contributed by atoms with Crippen LogP contribution < -0.4 is 0 Å². The summed E-state index contributed by atoms with van der Waals surface area (Å²) in [7, 11) is 0. The van der Waals surface area contributed by atoms with Crippen molar-refractivity contribution in [1.29, 1.82) is 0 Å². The molecule has 0 bridgehead atoms. The average molecular weight is 481 g/mol. The molecule has 31 heavy (non-hydrogen) atoms. The van der Waals surface area contributed by atoms with Crippen molar-refractivity contribution >= 4 is 35.1 Å². The Bertz CT molecular complexity index is 868. The number of ketones is 1. The lowest BCUT2D eigenvalue weighted by molar-refractivity contribution is -0.221. The molecule has 0 aromatic carbocycles. The molecule has 0 saturated heterocycles. The lowest BCUT2D eigenvalue weighted by atomic mass is 9.44. The number of thioether (sulfide) groups is 1. The molecule has 0 spiro atoms. The van der Waals surface area contributed by atoms with Crippen LogP contribution in [0.3, 0.4) is 0 Å². The molecule has 9 heteroatoms. The number of alkyl halides is 3. The van der Waals surface area contributed by atoms with Gasteiger partial charge < -0.3 is 10.2 Å². The molecule has 0 aliphatic heterocycles. The number of hydrogen-bond donors (Lipinski definition) is 2. The van der Waals surface area contributed by atoms with Crippen LogP contribution in [0, 0.1) is 28.6 Å². The van der Waals surface area contributed by atoms with Crippen molar-refractivity contribution < 1.29 is 33.0 Å². The zero-order chi connectivity index (χ0) is 22.3. The Morgan fingerprint density at radius 3 is 2.55 bits per heavy atom. The molecular weight excluding hydrogens is 453 g/mol. The fraction of sp³-hybridized carbons (Fsp3) is 0.727. The first-order chi connectivity index (χ1) is 13.9. The van der Waals surface area contributed by atoms with Gasteiger partial charge in [0.25, 0.3) is 0 Å². The summed E-state index contributed by atoms with van der Waals surface area (Å²) in [5.74, 6) is -2.57. The van der Waals surface area contributed by atoms with Gasteiger partial charge >= 0.3 is 0 Å². The second kappa shape index (κ2) is 7.61. The molecule has 9 atom stereocenters. The molecule has 174 valence electrons. The van der Waals surface area contributed by atoms with E-state index < -0.39 is 69.0 Å². The van der Waals surface area contributed by atoms with E-state index in [0.717, 1.165) is 6.08 Å². The predicted octanol–water partition coefficient (Wildman–Crippen LogP) is 3.89. The molecule has 4 aliphatic rings. The zero-order valence-corrected chi connectivity index (χ0v) is 19.2. The fourth-order valence-electron chi connectivity index (χ4n) is 7.13. The number of hydrogen-bond acceptors (Lipinski definition) is 5. The third-order valence-corrected chi connectivity index (χ3v) is 9.39. The highest BCUT2D eigenvalue weighted by atomic mass is 35.5. The SMILES string of the molecule is C[C@@H]1C[C@H]2[C@@H]3C[C@H](F)C4=CC(=O)C=C[C@]4(C)[C@@]3(F)[C@@H](O)C[C@]2(C)[C@@]1(O)C(=O)SCF.Cl. The highest BCUT2D eigenvalue weighted by Gasteiger charge is 2.76. The third kappa shape index (κ3) is 2.83. The van der Waals surface area contributed by atoms with Crippen molar-refractivity contribution in [2.45, 2.75) is 63.6 Å². The van der Waals surface area contributed by atoms with E-state index in [0.29, 0.717) is 11.8 Å².